The van der Waals surface area contributed by atoms with Crippen LogP contribution in [0.5, 0.6) is 0 Å². The summed E-state index contributed by atoms with van der Waals surface area (Å²) in [4.78, 5) is 0. The highest BCUT2D eigenvalue weighted by Crippen LogP contribution is 2.51. The summed E-state index contributed by atoms with van der Waals surface area (Å²) >= 11 is 0. The van der Waals surface area contributed by atoms with Gasteiger partial charge in [0.25, 0.3) is 0 Å². The number of benzene rings is 11. The predicted octanol–water partition coefficient (Wildman–Crippen LogP) is 16.3. The predicted molar refractivity (Wildman–Crippen MR) is 263 cm³/mol. The quantitative estimate of drug-likeness (QED) is 0.155. The molecule has 0 amide bonds. The number of nitrogens with zero attached hydrogens (tertiary/aromatic N) is 2. The van der Waals surface area contributed by atoms with Crippen molar-refractivity contribution in [3.8, 4) is 55.9 Å². The van der Waals surface area contributed by atoms with E-state index in [4.69, 9.17) is 0 Å². The molecule has 14 rings (SSSR count). The molecule has 13 aromatic rings. The lowest BCUT2D eigenvalue weighted by Gasteiger charge is -2.26. The second-order valence-corrected chi connectivity index (χ2v) is 16.8. The molecule has 62 heavy (non-hydrogen) atoms. The Morgan fingerprint density at radius 1 is 0.177 bits per heavy atom. The summed E-state index contributed by atoms with van der Waals surface area (Å²) in [5.74, 6) is 0. The van der Waals surface area contributed by atoms with Crippen LogP contribution in [0.4, 0.5) is 0 Å². The molecule has 0 bridgehead atoms. The van der Waals surface area contributed by atoms with Crippen LogP contribution in [0.1, 0.15) is 0 Å². The molecule has 2 heteroatoms. The maximum atomic E-state index is 2.51. The van der Waals surface area contributed by atoms with Gasteiger partial charge in [0.15, 0.2) is 0 Å². The molecule has 0 aliphatic heterocycles. The Bertz CT molecular complexity index is 3680. The van der Waals surface area contributed by atoms with Crippen LogP contribution in [-0.4, -0.2) is 9.13 Å². The van der Waals surface area contributed by atoms with E-state index in [1.54, 1.807) is 0 Å². The highest BCUT2D eigenvalue weighted by Gasteiger charge is 2.26. The summed E-state index contributed by atoms with van der Waals surface area (Å²) in [7, 11) is 0. The highest BCUT2D eigenvalue weighted by molar-refractivity contribution is 6.27. The zero-order valence-corrected chi connectivity index (χ0v) is 33.7. The van der Waals surface area contributed by atoms with Crippen LogP contribution in [-0.2, 0) is 0 Å². The third-order valence-electron chi connectivity index (χ3n) is 13.7. The van der Waals surface area contributed by atoms with Gasteiger partial charge < -0.3 is 9.13 Å². The molecule has 0 N–H and O–H groups in total. The van der Waals surface area contributed by atoms with Crippen LogP contribution in [0.3, 0.4) is 0 Å². The number of hydrogen-bond donors (Lipinski definition) is 0. The third kappa shape index (κ3) is 4.58. The Kier molecular flexibility index (Phi) is 6.86. The first-order valence-electron chi connectivity index (χ1n) is 21.5. The fraction of sp³-hybridized carbons (Fsp3) is 0. The molecule has 11 aromatic carbocycles. The molecule has 1 aliphatic rings. The monoisotopic (exact) mass is 784 g/mol. The van der Waals surface area contributed by atoms with Gasteiger partial charge in [0.1, 0.15) is 0 Å². The normalized spacial score (nSPS) is 12.2. The number of fused-ring (bicyclic) bond motifs is 20. The molecular formula is C60H36N2. The van der Waals surface area contributed by atoms with Crippen LogP contribution in [0, 0.1) is 0 Å². The van der Waals surface area contributed by atoms with Crippen LogP contribution in [0.2, 0.25) is 0 Å². The second-order valence-electron chi connectivity index (χ2n) is 16.8. The lowest BCUT2D eigenvalue weighted by molar-refractivity contribution is 1.18. The van der Waals surface area contributed by atoms with E-state index >= 15 is 0 Å². The van der Waals surface area contributed by atoms with Crippen molar-refractivity contribution >= 4 is 75.9 Å². The Balaban J connectivity index is 1.15. The Morgan fingerprint density at radius 2 is 0.435 bits per heavy atom. The zero-order chi connectivity index (χ0) is 40.5. The number of rotatable bonds is 2. The molecule has 1 aliphatic carbocycles. The van der Waals surface area contributed by atoms with E-state index < -0.39 is 0 Å². The maximum Gasteiger partial charge on any atom is 0.0541 e. The van der Waals surface area contributed by atoms with Gasteiger partial charge in [-0.15, -0.1) is 0 Å². The standard InChI is InChI=1S/C60H36N2/c1-2-18-42-41(17-1)45-31-29-37(61-57-25-11-7-21-47(57)48-22-8-12-26-58(48)61)33-51(45)55-35-53-43-19-5-3-15-39(43)40-16-4-6-20-44(40)54(53)36-56(55)52-34-38(30-32-46(42)52)62-59-27-13-9-23-49(59)50-24-10-14-28-60(50)62/h1-36H. The average Bonchev–Trinajstić information content (AvgIpc) is 3.86. The number of hydrogen-bond acceptors (Lipinski definition) is 0. The Hall–Kier alpha value is -8.20. The van der Waals surface area contributed by atoms with Crippen molar-refractivity contribution in [2.75, 3.05) is 0 Å². The Labute approximate surface area is 357 Å². The summed E-state index contributed by atoms with van der Waals surface area (Å²) in [6.07, 6.45) is 0. The molecule has 0 saturated heterocycles. The van der Waals surface area contributed by atoms with E-state index in [9.17, 15) is 0 Å². The van der Waals surface area contributed by atoms with Gasteiger partial charge in [-0.3, -0.25) is 0 Å². The van der Waals surface area contributed by atoms with Gasteiger partial charge in [0, 0.05) is 32.9 Å². The van der Waals surface area contributed by atoms with Gasteiger partial charge >= 0.3 is 0 Å². The smallest absolute Gasteiger partial charge is 0.0541 e. The van der Waals surface area contributed by atoms with Crippen molar-refractivity contribution in [2.45, 2.75) is 0 Å². The van der Waals surface area contributed by atoms with Gasteiger partial charge in [-0.1, -0.05) is 158 Å². The number of para-hydroxylation sites is 4. The lowest BCUT2D eigenvalue weighted by atomic mass is 9.79. The largest absolute Gasteiger partial charge is 0.309 e. The van der Waals surface area contributed by atoms with Crippen molar-refractivity contribution < 1.29 is 0 Å². The van der Waals surface area contributed by atoms with Crippen molar-refractivity contribution in [2.24, 2.45) is 0 Å². The molecule has 0 fully saturated rings. The summed E-state index contributed by atoms with van der Waals surface area (Å²) in [6.45, 7) is 0. The third-order valence-corrected chi connectivity index (χ3v) is 13.7. The van der Waals surface area contributed by atoms with Gasteiger partial charge in [-0.25, -0.2) is 0 Å². The molecule has 2 aromatic heterocycles. The van der Waals surface area contributed by atoms with E-state index in [1.165, 1.54) is 120 Å². The minimum Gasteiger partial charge on any atom is -0.309 e. The maximum absolute atomic E-state index is 2.51. The second kappa shape index (κ2) is 12.7. The minimum absolute atomic E-state index is 1.15. The van der Waals surface area contributed by atoms with E-state index in [0.29, 0.717) is 0 Å². The fourth-order valence-corrected chi connectivity index (χ4v) is 11.0. The van der Waals surface area contributed by atoms with Crippen LogP contribution in [0.15, 0.2) is 218 Å². The van der Waals surface area contributed by atoms with Crippen LogP contribution < -0.4 is 0 Å². The molecule has 286 valence electrons. The first-order chi connectivity index (χ1) is 30.8. The lowest BCUT2D eigenvalue weighted by Crippen LogP contribution is -2.02. The van der Waals surface area contributed by atoms with Gasteiger partial charge in [0.05, 0.1) is 22.1 Å². The summed E-state index contributed by atoms with van der Waals surface area (Å²) in [6, 6.07) is 81.5. The molecular weight excluding hydrogens is 749 g/mol. The Morgan fingerprint density at radius 3 is 0.790 bits per heavy atom. The van der Waals surface area contributed by atoms with Gasteiger partial charge in [0.2, 0.25) is 0 Å². The molecule has 0 atom stereocenters. The molecule has 0 radical (unpaired) electrons. The van der Waals surface area contributed by atoms with Gasteiger partial charge in [-0.05, 0) is 137 Å². The molecule has 2 heterocycles. The summed E-state index contributed by atoms with van der Waals surface area (Å²) in [5, 5.41) is 12.7. The van der Waals surface area contributed by atoms with Crippen molar-refractivity contribution in [3.63, 3.8) is 0 Å². The topological polar surface area (TPSA) is 9.86 Å². The number of aromatic nitrogens is 2. The van der Waals surface area contributed by atoms with E-state index in [-0.39, 0.29) is 0 Å². The van der Waals surface area contributed by atoms with Crippen molar-refractivity contribution in [1.29, 1.82) is 0 Å². The van der Waals surface area contributed by atoms with Crippen molar-refractivity contribution in [3.05, 3.63) is 218 Å². The van der Waals surface area contributed by atoms with E-state index in [2.05, 4.69) is 228 Å². The van der Waals surface area contributed by atoms with Gasteiger partial charge in [-0.2, -0.15) is 0 Å². The van der Waals surface area contributed by atoms with Crippen LogP contribution in [0.25, 0.3) is 132 Å². The molecule has 0 unspecified atom stereocenters. The van der Waals surface area contributed by atoms with Crippen LogP contribution >= 0.6 is 0 Å². The average molecular weight is 785 g/mol. The van der Waals surface area contributed by atoms with E-state index in [0.717, 1.165) is 11.4 Å². The van der Waals surface area contributed by atoms with Crippen molar-refractivity contribution in [1.82, 2.24) is 9.13 Å². The fourth-order valence-electron chi connectivity index (χ4n) is 11.0. The minimum atomic E-state index is 1.15. The molecule has 0 saturated carbocycles. The first-order valence-corrected chi connectivity index (χ1v) is 21.5. The van der Waals surface area contributed by atoms with E-state index in [1.807, 2.05) is 0 Å². The zero-order valence-electron chi connectivity index (χ0n) is 33.7. The summed E-state index contributed by atoms with van der Waals surface area (Å²) < 4.78 is 4.90. The SMILES string of the molecule is c1ccc2c(c1)-c1ccc(-n3c4ccccc4c4ccccc43)cc1-c1cc3c4ccccc4c4ccccc4c3cc1-c1cc(-n3c4ccccc4c4ccccc43)ccc1-2. The highest BCUT2D eigenvalue weighted by atomic mass is 15.0. The molecule has 0 spiro atoms. The first kappa shape index (κ1) is 33.6. The molecule has 2 nitrogen and oxygen atoms in total. The summed E-state index contributed by atoms with van der Waals surface area (Å²) in [5.41, 5.74) is 16.9.